The minimum atomic E-state index is 0.0214. The number of quaternary nitrogens is 2. The molecule has 0 spiro atoms. The van der Waals surface area contributed by atoms with Gasteiger partial charge in [-0.05, 0) is 0 Å². The molecule has 0 radical (unpaired) electrons. The summed E-state index contributed by atoms with van der Waals surface area (Å²) in [6.07, 6.45) is 1.79. The largest absolute Gasteiger partial charge is 0.321 e. The molecule has 2 aromatic heterocycles. The Bertz CT molecular complexity index is 1120. The number of hydrogen-bond donors (Lipinski definition) is 2. The van der Waals surface area contributed by atoms with E-state index in [2.05, 4.69) is 60.7 Å². The number of hydrogen-bond acceptors (Lipinski definition) is 3. The Morgan fingerprint density at radius 3 is 2.20 bits per heavy atom. The van der Waals surface area contributed by atoms with Gasteiger partial charge in [-0.1, -0.05) is 60.7 Å². The average molecular weight is 419 g/mol. The van der Waals surface area contributed by atoms with Gasteiger partial charge < -0.3 is 9.80 Å². The number of piperazine rings is 1. The van der Waals surface area contributed by atoms with Crippen molar-refractivity contribution >= 4 is 16.3 Å². The predicted molar refractivity (Wildman–Crippen MR) is 119 cm³/mol. The first kappa shape index (κ1) is 19.2. The van der Waals surface area contributed by atoms with Gasteiger partial charge in [0.15, 0.2) is 4.96 Å². The van der Waals surface area contributed by atoms with Gasteiger partial charge in [-0.2, -0.15) is 0 Å². The van der Waals surface area contributed by atoms with E-state index in [1.807, 2.05) is 5.38 Å². The number of aromatic nitrogens is 2. The highest BCUT2D eigenvalue weighted by Crippen LogP contribution is 2.18. The van der Waals surface area contributed by atoms with E-state index >= 15 is 0 Å². The van der Waals surface area contributed by atoms with Crippen LogP contribution in [0.5, 0.6) is 0 Å². The highest BCUT2D eigenvalue weighted by molar-refractivity contribution is 7.15. The van der Waals surface area contributed by atoms with Crippen molar-refractivity contribution in [1.29, 1.82) is 0 Å². The molecule has 2 N–H and O–H groups in total. The smallest absolute Gasteiger partial charge is 0.258 e. The van der Waals surface area contributed by atoms with Crippen molar-refractivity contribution in [3.8, 4) is 0 Å². The molecule has 6 heteroatoms. The Labute approximate surface area is 179 Å². The Morgan fingerprint density at radius 1 is 0.933 bits per heavy atom. The molecule has 3 heterocycles. The van der Waals surface area contributed by atoms with Gasteiger partial charge in [0.1, 0.15) is 44.5 Å². The van der Waals surface area contributed by atoms with E-state index in [9.17, 15) is 4.79 Å². The Morgan fingerprint density at radius 2 is 1.57 bits per heavy atom. The summed E-state index contributed by atoms with van der Waals surface area (Å²) in [4.78, 5) is 20.9. The van der Waals surface area contributed by atoms with E-state index in [4.69, 9.17) is 4.98 Å². The van der Waals surface area contributed by atoms with Crippen molar-refractivity contribution in [3.05, 3.63) is 105 Å². The van der Waals surface area contributed by atoms with E-state index in [0.29, 0.717) is 6.04 Å². The fourth-order valence-corrected chi connectivity index (χ4v) is 5.32. The summed E-state index contributed by atoms with van der Waals surface area (Å²) in [5.41, 5.74) is 3.68. The maximum atomic E-state index is 12.3. The third kappa shape index (κ3) is 3.94. The van der Waals surface area contributed by atoms with Crippen LogP contribution in [0.4, 0.5) is 0 Å². The van der Waals surface area contributed by atoms with Crippen LogP contribution in [0.1, 0.15) is 22.9 Å². The number of fused-ring (bicyclic) bond motifs is 1. The summed E-state index contributed by atoms with van der Waals surface area (Å²) in [5.74, 6) is 0. The zero-order valence-corrected chi connectivity index (χ0v) is 17.6. The van der Waals surface area contributed by atoms with Crippen LogP contribution in [-0.4, -0.2) is 35.6 Å². The molecule has 30 heavy (non-hydrogen) atoms. The van der Waals surface area contributed by atoms with Crippen LogP contribution in [-0.2, 0) is 6.54 Å². The first-order valence-electron chi connectivity index (χ1n) is 10.5. The lowest BCUT2D eigenvalue weighted by Crippen LogP contribution is -3.27. The molecule has 1 aliphatic rings. The molecule has 0 amide bonds. The molecule has 5 rings (SSSR count). The van der Waals surface area contributed by atoms with Crippen LogP contribution >= 0.6 is 11.3 Å². The molecule has 0 bridgehead atoms. The lowest BCUT2D eigenvalue weighted by atomic mass is 9.96. The van der Waals surface area contributed by atoms with E-state index in [0.717, 1.165) is 43.4 Å². The Kier molecular flexibility index (Phi) is 5.45. The van der Waals surface area contributed by atoms with Crippen LogP contribution in [0.25, 0.3) is 4.96 Å². The molecular weight excluding hydrogens is 392 g/mol. The molecule has 5 nitrogen and oxygen atoms in total. The van der Waals surface area contributed by atoms with Crippen LogP contribution < -0.4 is 15.4 Å². The van der Waals surface area contributed by atoms with Gasteiger partial charge in [0.05, 0.1) is 0 Å². The third-order valence-electron chi connectivity index (χ3n) is 6.06. The Hall–Kier alpha value is -2.80. The highest BCUT2D eigenvalue weighted by Gasteiger charge is 2.31. The standard InChI is InChI=1S/C24H24N4OS/c29-22-17-21(25-24-28(22)15-16-30-24)18-26-11-13-27(14-12-26)23(19-7-3-1-4-8-19)20-9-5-2-6-10-20/h1-10,15-17,23H,11-14,18H2/p+2. The monoisotopic (exact) mass is 418 g/mol. The molecule has 2 aromatic carbocycles. The minimum Gasteiger partial charge on any atom is -0.321 e. The van der Waals surface area contributed by atoms with Gasteiger partial charge in [0, 0.05) is 28.8 Å². The molecule has 0 unspecified atom stereocenters. The van der Waals surface area contributed by atoms with Crippen molar-refractivity contribution in [2.24, 2.45) is 0 Å². The average Bonchev–Trinajstić information content (AvgIpc) is 3.26. The first-order valence-corrected chi connectivity index (χ1v) is 11.4. The number of nitrogens with one attached hydrogen (secondary N) is 2. The normalized spacial score (nSPS) is 19.4. The molecular formula is C24H26N4OS+2. The molecule has 152 valence electrons. The van der Waals surface area contributed by atoms with Crippen molar-refractivity contribution < 1.29 is 9.80 Å². The van der Waals surface area contributed by atoms with Crippen LogP contribution in [0.15, 0.2) is 83.1 Å². The zero-order valence-electron chi connectivity index (χ0n) is 16.8. The fraction of sp³-hybridized carbons (Fsp3) is 0.250. The van der Waals surface area contributed by atoms with Crippen molar-refractivity contribution in [1.82, 2.24) is 9.38 Å². The van der Waals surface area contributed by atoms with Gasteiger partial charge in [0.25, 0.3) is 5.56 Å². The summed E-state index contributed by atoms with van der Waals surface area (Å²) in [6.45, 7) is 5.18. The molecule has 0 saturated carbocycles. The van der Waals surface area contributed by atoms with Crippen molar-refractivity contribution in [2.75, 3.05) is 26.2 Å². The number of benzene rings is 2. The number of thiazole rings is 1. The maximum Gasteiger partial charge on any atom is 0.258 e. The molecule has 4 aromatic rings. The second kappa shape index (κ2) is 8.52. The lowest BCUT2D eigenvalue weighted by molar-refractivity contribution is -1.03. The second-order valence-electron chi connectivity index (χ2n) is 7.98. The summed E-state index contributed by atoms with van der Waals surface area (Å²) < 4.78 is 1.62. The summed E-state index contributed by atoms with van der Waals surface area (Å²) in [5, 5.41) is 1.91. The van der Waals surface area contributed by atoms with Gasteiger partial charge in [-0.3, -0.25) is 9.20 Å². The Balaban J connectivity index is 1.31. The van der Waals surface area contributed by atoms with E-state index in [-0.39, 0.29) is 5.56 Å². The summed E-state index contributed by atoms with van der Waals surface area (Å²) in [6, 6.07) is 23.8. The predicted octanol–water partition coefficient (Wildman–Crippen LogP) is 0.829. The molecule has 1 aliphatic heterocycles. The van der Waals surface area contributed by atoms with Crippen LogP contribution in [0.2, 0.25) is 0 Å². The second-order valence-corrected chi connectivity index (χ2v) is 8.85. The SMILES string of the molecule is O=c1cc(C[NH+]2CC[NH+](C(c3ccccc3)c3ccccc3)CC2)nc2sccn12. The van der Waals surface area contributed by atoms with Gasteiger partial charge in [-0.25, -0.2) is 4.98 Å². The third-order valence-corrected chi connectivity index (χ3v) is 6.82. The zero-order chi connectivity index (χ0) is 20.3. The van der Waals surface area contributed by atoms with E-state index in [1.165, 1.54) is 27.4 Å². The number of rotatable bonds is 5. The molecule has 0 aliphatic carbocycles. The summed E-state index contributed by atoms with van der Waals surface area (Å²) >= 11 is 1.52. The fourth-order valence-electron chi connectivity index (χ4n) is 4.58. The quantitative estimate of drug-likeness (QED) is 0.504. The first-order chi connectivity index (χ1) is 14.8. The molecule has 0 atom stereocenters. The van der Waals surface area contributed by atoms with E-state index < -0.39 is 0 Å². The maximum absolute atomic E-state index is 12.3. The van der Waals surface area contributed by atoms with E-state index in [1.54, 1.807) is 21.6 Å². The van der Waals surface area contributed by atoms with Gasteiger partial charge in [-0.15, -0.1) is 11.3 Å². The minimum absolute atomic E-state index is 0.0214. The molecule has 1 fully saturated rings. The summed E-state index contributed by atoms with van der Waals surface area (Å²) in [7, 11) is 0. The topological polar surface area (TPSA) is 43.2 Å². The van der Waals surface area contributed by atoms with Crippen molar-refractivity contribution in [2.45, 2.75) is 12.6 Å². The van der Waals surface area contributed by atoms with Gasteiger partial charge in [0.2, 0.25) is 0 Å². The van der Waals surface area contributed by atoms with Gasteiger partial charge >= 0.3 is 0 Å². The molecule has 1 saturated heterocycles. The lowest BCUT2D eigenvalue weighted by Gasteiger charge is -2.35. The number of nitrogens with zero attached hydrogens (tertiary/aromatic N) is 2. The van der Waals surface area contributed by atoms with Crippen molar-refractivity contribution in [3.63, 3.8) is 0 Å². The highest BCUT2D eigenvalue weighted by atomic mass is 32.1. The van der Waals surface area contributed by atoms with Crippen LogP contribution in [0, 0.1) is 0 Å². The van der Waals surface area contributed by atoms with Crippen LogP contribution in [0.3, 0.4) is 0 Å².